The molecule has 0 aliphatic rings. The summed E-state index contributed by atoms with van der Waals surface area (Å²) >= 11 is 0. The number of carbonyl (C=O) groups excluding carboxylic acids is 2. The molecule has 0 saturated carbocycles. The van der Waals surface area contributed by atoms with Gasteiger partial charge in [0.05, 0.1) is 0 Å². The van der Waals surface area contributed by atoms with Crippen LogP contribution in [0.25, 0.3) is 0 Å². The molecule has 0 fully saturated rings. The molecule has 5 heteroatoms. The van der Waals surface area contributed by atoms with Gasteiger partial charge >= 0.3 is 0 Å². The van der Waals surface area contributed by atoms with E-state index in [0.29, 0.717) is 25.6 Å². The molecular formula is C16H23FN2O2. The van der Waals surface area contributed by atoms with Gasteiger partial charge in [-0.05, 0) is 23.6 Å². The summed E-state index contributed by atoms with van der Waals surface area (Å²) < 4.78 is 12.9. The lowest BCUT2D eigenvalue weighted by atomic mass is 10.2. The lowest BCUT2D eigenvalue weighted by Crippen LogP contribution is -2.34. The molecule has 1 aromatic carbocycles. The summed E-state index contributed by atoms with van der Waals surface area (Å²) in [5.41, 5.74) is 0.842. The van der Waals surface area contributed by atoms with Gasteiger partial charge in [-0.2, -0.15) is 0 Å². The highest BCUT2D eigenvalue weighted by atomic mass is 19.1. The van der Waals surface area contributed by atoms with Gasteiger partial charge in [-0.25, -0.2) is 4.39 Å². The molecule has 0 unspecified atom stereocenters. The first-order chi connectivity index (χ1) is 9.88. The summed E-state index contributed by atoms with van der Waals surface area (Å²) in [5.74, 6) is -0.0664. The van der Waals surface area contributed by atoms with Crippen LogP contribution in [-0.4, -0.2) is 29.8 Å². The maximum absolute atomic E-state index is 12.9. The summed E-state index contributed by atoms with van der Waals surface area (Å²) in [6.07, 6.45) is 0.271. The Morgan fingerprint density at radius 1 is 1.24 bits per heavy atom. The lowest BCUT2D eigenvalue weighted by Gasteiger charge is -2.21. The molecule has 1 N–H and O–H groups in total. The van der Waals surface area contributed by atoms with Crippen molar-refractivity contribution in [2.45, 2.75) is 33.7 Å². The zero-order chi connectivity index (χ0) is 15.8. The number of carbonyl (C=O) groups is 2. The summed E-state index contributed by atoms with van der Waals surface area (Å²) in [5, 5.41) is 2.82. The van der Waals surface area contributed by atoms with Gasteiger partial charge in [-0.3, -0.25) is 9.59 Å². The van der Waals surface area contributed by atoms with Crippen molar-refractivity contribution in [3.05, 3.63) is 35.6 Å². The van der Waals surface area contributed by atoms with Crippen LogP contribution in [0.15, 0.2) is 24.3 Å². The topological polar surface area (TPSA) is 49.4 Å². The summed E-state index contributed by atoms with van der Waals surface area (Å²) in [7, 11) is 0. The van der Waals surface area contributed by atoms with Gasteiger partial charge in [0.25, 0.3) is 0 Å². The van der Waals surface area contributed by atoms with Gasteiger partial charge in [0.1, 0.15) is 5.82 Å². The minimum absolute atomic E-state index is 0.0611. The first-order valence-corrected chi connectivity index (χ1v) is 7.15. The molecule has 0 saturated heterocycles. The molecule has 0 aromatic heterocycles. The average Bonchev–Trinajstić information content (AvgIpc) is 2.42. The molecule has 1 rings (SSSR count). The third kappa shape index (κ3) is 6.88. The Kier molecular flexibility index (Phi) is 6.85. The fourth-order valence-electron chi connectivity index (χ4n) is 1.80. The smallest absolute Gasteiger partial charge is 0.221 e. The third-order valence-corrected chi connectivity index (χ3v) is 3.05. The SMILES string of the molecule is CC(=O)N(CCC(=O)NCC(C)C)Cc1ccc(F)cc1. The number of halogens is 1. The Morgan fingerprint density at radius 3 is 2.38 bits per heavy atom. The van der Waals surface area contributed by atoms with E-state index in [1.807, 2.05) is 13.8 Å². The van der Waals surface area contributed by atoms with Crippen LogP contribution < -0.4 is 5.32 Å². The van der Waals surface area contributed by atoms with Crippen LogP contribution >= 0.6 is 0 Å². The maximum Gasteiger partial charge on any atom is 0.221 e. The van der Waals surface area contributed by atoms with E-state index in [-0.39, 0.29) is 24.1 Å². The largest absolute Gasteiger partial charge is 0.356 e. The van der Waals surface area contributed by atoms with Crippen molar-refractivity contribution in [3.8, 4) is 0 Å². The average molecular weight is 294 g/mol. The van der Waals surface area contributed by atoms with Gasteiger partial charge in [-0.15, -0.1) is 0 Å². The molecule has 0 heterocycles. The number of hydrogen-bond acceptors (Lipinski definition) is 2. The molecule has 0 bridgehead atoms. The van der Waals surface area contributed by atoms with Crippen molar-refractivity contribution >= 4 is 11.8 Å². The molecule has 0 aliphatic carbocycles. The van der Waals surface area contributed by atoms with Crippen molar-refractivity contribution in [1.29, 1.82) is 0 Å². The number of nitrogens with one attached hydrogen (secondary N) is 1. The highest BCUT2D eigenvalue weighted by Crippen LogP contribution is 2.07. The second-order valence-corrected chi connectivity index (χ2v) is 5.51. The van der Waals surface area contributed by atoms with Crippen LogP contribution in [0.5, 0.6) is 0 Å². The summed E-state index contributed by atoms with van der Waals surface area (Å²) in [6, 6.07) is 6.01. The van der Waals surface area contributed by atoms with Crippen LogP contribution in [0.3, 0.4) is 0 Å². The minimum atomic E-state index is -0.304. The monoisotopic (exact) mass is 294 g/mol. The second-order valence-electron chi connectivity index (χ2n) is 5.51. The quantitative estimate of drug-likeness (QED) is 0.839. The number of hydrogen-bond donors (Lipinski definition) is 1. The van der Waals surface area contributed by atoms with Crippen LogP contribution in [0, 0.1) is 11.7 Å². The molecule has 0 spiro atoms. The number of nitrogens with zero attached hydrogens (tertiary/aromatic N) is 1. The first kappa shape index (κ1) is 17.1. The third-order valence-electron chi connectivity index (χ3n) is 3.05. The summed E-state index contributed by atoms with van der Waals surface area (Å²) in [4.78, 5) is 24.9. The van der Waals surface area contributed by atoms with Crippen LogP contribution in [-0.2, 0) is 16.1 Å². The molecule has 0 aliphatic heterocycles. The molecule has 116 valence electrons. The fourth-order valence-corrected chi connectivity index (χ4v) is 1.80. The first-order valence-electron chi connectivity index (χ1n) is 7.15. The molecular weight excluding hydrogens is 271 g/mol. The van der Waals surface area contributed by atoms with Crippen LogP contribution in [0.4, 0.5) is 4.39 Å². The highest BCUT2D eigenvalue weighted by molar-refractivity contribution is 5.78. The van der Waals surface area contributed by atoms with Crippen LogP contribution in [0.2, 0.25) is 0 Å². The van der Waals surface area contributed by atoms with E-state index in [2.05, 4.69) is 5.32 Å². The standard InChI is InChI=1S/C16H23FN2O2/c1-12(2)10-18-16(21)8-9-19(13(3)20)11-14-4-6-15(17)7-5-14/h4-7,12H,8-11H2,1-3H3,(H,18,21). The zero-order valence-electron chi connectivity index (χ0n) is 12.9. The Bertz CT molecular complexity index is 472. The van der Waals surface area contributed by atoms with Gasteiger partial charge < -0.3 is 10.2 Å². The minimum Gasteiger partial charge on any atom is -0.356 e. The van der Waals surface area contributed by atoms with Crippen molar-refractivity contribution in [2.75, 3.05) is 13.1 Å². The Labute approximate surface area is 125 Å². The van der Waals surface area contributed by atoms with Crippen LogP contribution in [0.1, 0.15) is 32.8 Å². The van der Waals surface area contributed by atoms with E-state index in [9.17, 15) is 14.0 Å². The van der Waals surface area contributed by atoms with E-state index in [1.54, 1.807) is 17.0 Å². The van der Waals surface area contributed by atoms with Crippen molar-refractivity contribution in [1.82, 2.24) is 10.2 Å². The normalized spacial score (nSPS) is 10.5. The zero-order valence-corrected chi connectivity index (χ0v) is 12.9. The Morgan fingerprint density at radius 2 is 1.86 bits per heavy atom. The molecule has 0 radical (unpaired) electrons. The Balaban J connectivity index is 2.48. The van der Waals surface area contributed by atoms with Crippen molar-refractivity contribution < 1.29 is 14.0 Å². The predicted octanol–water partition coefficient (Wildman–Crippen LogP) is 2.34. The van der Waals surface area contributed by atoms with E-state index in [0.717, 1.165) is 5.56 Å². The van der Waals surface area contributed by atoms with Gasteiger partial charge in [-0.1, -0.05) is 26.0 Å². The molecule has 4 nitrogen and oxygen atoms in total. The molecule has 0 atom stereocenters. The van der Waals surface area contributed by atoms with E-state index >= 15 is 0 Å². The van der Waals surface area contributed by atoms with Gasteiger partial charge in [0, 0.05) is 33.0 Å². The van der Waals surface area contributed by atoms with E-state index in [4.69, 9.17) is 0 Å². The lowest BCUT2D eigenvalue weighted by molar-refractivity contribution is -0.130. The Hall–Kier alpha value is -1.91. The van der Waals surface area contributed by atoms with Crippen molar-refractivity contribution in [2.24, 2.45) is 5.92 Å². The maximum atomic E-state index is 12.9. The molecule has 2 amide bonds. The highest BCUT2D eigenvalue weighted by Gasteiger charge is 2.12. The van der Waals surface area contributed by atoms with E-state index < -0.39 is 0 Å². The second kappa shape index (κ2) is 8.39. The van der Waals surface area contributed by atoms with Gasteiger partial charge in [0.15, 0.2) is 0 Å². The van der Waals surface area contributed by atoms with E-state index in [1.165, 1.54) is 19.1 Å². The number of benzene rings is 1. The predicted molar refractivity (Wildman–Crippen MR) is 80.0 cm³/mol. The molecule has 21 heavy (non-hydrogen) atoms. The number of rotatable bonds is 7. The van der Waals surface area contributed by atoms with Gasteiger partial charge in [0.2, 0.25) is 11.8 Å². The van der Waals surface area contributed by atoms with Crippen molar-refractivity contribution in [3.63, 3.8) is 0 Å². The molecule has 1 aromatic rings. The fraction of sp³-hybridized carbons (Fsp3) is 0.500. The summed E-state index contributed by atoms with van der Waals surface area (Å²) in [6.45, 7) is 6.89. The number of amides is 2.